The number of hydrogen-bond donors (Lipinski definition) is 1. The lowest BCUT2D eigenvalue weighted by Crippen LogP contribution is -2.28. The third-order valence-corrected chi connectivity index (χ3v) is 5.11. The smallest absolute Gasteiger partial charge is 0.329 e. The normalized spacial score (nSPS) is 11.4. The fourth-order valence-corrected chi connectivity index (χ4v) is 3.58. The fourth-order valence-electron chi connectivity index (χ4n) is 3.58. The van der Waals surface area contributed by atoms with Gasteiger partial charge in [0.25, 0.3) is 5.56 Å². The highest BCUT2D eigenvalue weighted by atomic mass is 16.5. The number of fused-ring (bicyclic) bond motifs is 3. The molecule has 0 saturated carbocycles. The molecule has 0 bridgehead atoms. The summed E-state index contributed by atoms with van der Waals surface area (Å²) in [6.45, 7) is 0.866. The molecule has 2 aromatic carbocycles. The Labute approximate surface area is 170 Å². The van der Waals surface area contributed by atoms with Crippen molar-refractivity contribution in [3.05, 3.63) is 99.0 Å². The predicted molar refractivity (Wildman–Crippen MR) is 113 cm³/mol. The van der Waals surface area contributed by atoms with Crippen LogP contribution in [0.3, 0.4) is 0 Å². The van der Waals surface area contributed by atoms with Crippen LogP contribution in [0.1, 0.15) is 11.3 Å². The number of imidazole rings is 2. The molecule has 30 heavy (non-hydrogen) atoms. The monoisotopic (exact) mass is 401 g/mol. The first-order chi connectivity index (χ1) is 14.6. The maximum atomic E-state index is 12.5. The molecule has 0 aliphatic rings. The highest BCUT2D eigenvalue weighted by Crippen LogP contribution is 2.20. The number of rotatable bonds is 5. The maximum absolute atomic E-state index is 12.5. The maximum Gasteiger partial charge on any atom is 0.329 e. The molecule has 3 heterocycles. The first kappa shape index (κ1) is 18.0. The van der Waals surface area contributed by atoms with Gasteiger partial charge in [0.15, 0.2) is 11.2 Å². The third kappa shape index (κ3) is 2.98. The van der Waals surface area contributed by atoms with Crippen molar-refractivity contribution < 1.29 is 4.74 Å². The summed E-state index contributed by atoms with van der Waals surface area (Å²) in [4.78, 5) is 31.5. The zero-order valence-corrected chi connectivity index (χ0v) is 16.3. The number of aryl methyl sites for hydroxylation is 1. The highest BCUT2D eigenvalue weighted by Gasteiger charge is 2.19. The number of nitrogens with one attached hydrogen (secondary N) is 1. The summed E-state index contributed by atoms with van der Waals surface area (Å²) in [5, 5.41) is 0. The molecule has 3 aromatic heterocycles. The Bertz CT molecular complexity index is 1460. The fraction of sp³-hybridized carbons (Fsp3) is 0.136. The van der Waals surface area contributed by atoms with Gasteiger partial charge in [-0.2, -0.15) is 4.98 Å². The molecule has 0 fully saturated rings. The molecule has 0 spiro atoms. The van der Waals surface area contributed by atoms with E-state index in [4.69, 9.17) is 4.74 Å². The van der Waals surface area contributed by atoms with Gasteiger partial charge < -0.3 is 9.30 Å². The third-order valence-electron chi connectivity index (χ3n) is 5.11. The number of hydrogen-bond acceptors (Lipinski definition) is 4. The zero-order valence-electron chi connectivity index (χ0n) is 16.3. The molecule has 0 aliphatic heterocycles. The lowest BCUT2D eigenvalue weighted by Gasteiger charge is -2.10. The van der Waals surface area contributed by atoms with Crippen LogP contribution in [0.25, 0.3) is 16.9 Å². The quantitative estimate of drug-likeness (QED) is 0.490. The Hall–Kier alpha value is -4.07. The van der Waals surface area contributed by atoms with Gasteiger partial charge in [-0.25, -0.2) is 4.79 Å². The number of benzene rings is 2. The van der Waals surface area contributed by atoms with Crippen LogP contribution in [0.5, 0.6) is 5.75 Å². The number of aromatic amines is 1. The summed E-state index contributed by atoms with van der Waals surface area (Å²) in [5.41, 5.74) is 1.67. The van der Waals surface area contributed by atoms with E-state index in [0.29, 0.717) is 30.1 Å². The Morgan fingerprint density at radius 2 is 1.70 bits per heavy atom. The van der Waals surface area contributed by atoms with E-state index in [1.807, 2.05) is 71.4 Å². The molecule has 0 radical (unpaired) electrons. The van der Waals surface area contributed by atoms with Gasteiger partial charge in [0.1, 0.15) is 12.4 Å². The minimum Gasteiger partial charge on any atom is -0.487 e. The van der Waals surface area contributed by atoms with Crippen molar-refractivity contribution in [3.8, 4) is 5.75 Å². The summed E-state index contributed by atoms with van der Waals surface area (Å²) in [6, 6.07) is 19.5. The average molecular weight is 401 g/mol. The second-order valence-corrected chi connectivity index (χ2v) is 7.07. The van der Waals surface area contributed by atoms with Crippen LogP contribution in [-0.2, 0) is 20.2 Å². The molecule has 0 amide bonds. The molecule has 0 atom stereocenters. The van der Waals surface area contributed by atoms with Crippen molar-refractivity contribution in [1.82, 2.24) is 23.5 Å². The molecule has 0 aliphatic carbocycles. The minimum absolute atomic E-state index is 0.311. The van der Waals surface area contributed by atoms with Crippen LogP contribution >= 0.6 is 0 Å². The summed E-state index contributed by atoms with van der Waals surface area (Å²) >= 11 is 0. The molecule has 0 saturated heterocycles. The van der Waals surface area contributed by atoms with E-state index < -0.39 is 11.2 Å². The summed E-state index contributed by atoms with van der Waals surface area (Å²) in [7, 11) is 1.59. The van der Waals surface area contributed by atoms with Crippen LogP contribution in [0, 0.1) is 0 Å². The van der Waals surface area contributed by atoms with E-state index in [1.54, 1.807) is 11.4 Å². The van der Waals surface area contributed by atoms with Crippen LogP contribution < -0.4 is 16.0 Å². The van der Waals surface area contributed by atoms with Gasteiger partial charge in [0, 0.05) is 13.2 Å². The largest absolute Gasteiger partial charge is 0.487 e. The zero-order chi connectivity index (χ0) is 20.7. The van der Waals surface area contributed by atoms with Crippen molar-refractivity contribution in [2.24, 2.45) is 7.05 Å². The van der Waals surface area contributed by atoms with E-state index in [2.05, 4.69) is 9.97 Å². The Balaban J connectivity index is 1.67. The lowest BCUT2D eigenvalue weighted by molar-refractivity contribution is 0.296. The second-order valence-electron chi connectivity index (χ2n) is 7.07. The summed E-state index contributed by atoms with van der Waals surface area (Å²) in [5.74, 6) is 1.33. The molecule has 150 valence electrons. The van der Waals surface area contributed by atoms with E-state index in [-0.39, 0.29) is 0 Å². The van der Waals surface area contributed by atoms with Gasteiger partial charge in [-0.1, -0.05) is 48.5 Å². The summed E-state index contributed by atoms with van der Waals surface area (Å²) in [6.07, 6.45) is 1.84. The summed E-state index contributed by atoms with van der Waals surface area (Å²) < 4.78 is 11.0. The number of para-hydroxylation sites is 1. The van der Waals surface area contributed by atoms with Crippen LogP contribution in [0.2, 0.25) is 0 Å². The van der Waals surface area contributed by atoms with Gasteiger partial charge in [-0.3, -0.25) is 18.7 Å². The van der Waals surface area contributed by atoms with Crippen molar-refractivity contribution in [2.75, 3.05) is 0 Å². The van der Waals surface area contributed by atoms with E-state index in [0.717, 1.165) is 17.0 Å². The molecule has 5 rings (SSSR count). The molecule has 8 heteroatoms. The molecule has 8 nitrogen and oxygen atoms in total. The Morgan fingerprint density at radius 3 is 2.43 bits per heavy atom. The molecule has 5 aromatic rings. The first-order valence-electron chi connectivity index (χ1n) is 9.53. The van der Waals surface area contributed by atoms with Crippen LogP contribution in [0.4, 0.5) is 0 Å². The van der Waals surface area contributed by atoms with Crippen molar-refractivity contribution >= 4 is 16.9 Å². The predicted octanol–water partition coefficient (Wildman–Crippen LogP) is 2.30. The number of ether oxygens (including phenoxy) is 1. The topological polar surface area (TPSA) is 86.3 Å². The van der Waals surface area contributed by atoms with Gasteiger partial charge in [0.05, 0.1) is 12.2 Å². The number of nitrogens with zero attached hydrogens (tertiary/aromatic N) is 4. The first-order valence-corrected chi connectivity index (χ1v) is 9.53. The van der Waals surface area contributed by atoms with Crippen molar-refractivity contribution in [2.45, 2.75) is 13.2 Å². The van der Waals surface area contributed by atoms with Gasteiger partial charge >= 0.3 is 5.69 Å². The van der Waals surface area contributed by atoms with E-state index >= 15 is 0 Å². The lowest BCUT2D eigenvalue weighted by atomic mass is 10.2. The Kier molecular flexibility index (Phi) is 4.24. The van der Waals surface area contributed by atoms with Crippen LogP contribution in [0.15, 0.2) is 76.4 Å². The molecule has 0 unspecified atom stereocenters. The van der Waals surface area contributed by atoms with Gasteiger partial charge in [-0.05, 0) is 17.7 Å². The molecular formula is C22H19N5O3. The van der Waals surface area contributed by atoms with E-state index in [1.165, 1.54) is 4.57 Å². The standard InChI is InChI=1S/C22H19N5O3/c1-25-19-18(20(28)24-22(25)29)27-13-16(14-30-17-10-6-3-7-11-17)26(21(27)23-19)12-15-8-4-2-5-9-15/h2-11,13H,12,14H2,1H3,(H,24,28,29). The highest BCUT2D eigenvalue weighted by molar-refractivity contribution is 5.75. The SMILES string of the molecule is Cn1c(=O)[nH]c(=O)c2c1nc1n(Cc3ccccc3)c(COc3ccccc3)cn21. The van der Waals surface area contributed by atoms with E-state index in [9.17, 15) is 9.59 Å². The molecule has 1 N–H and O–H groups in total. The molecular weight excluding hydrogens is 382 g/mol. The van der Waals surface area contributed by atoms with Gasteiger partial charge in [0.2, 0.25) is 5.78 Å². The minimum atomic E-state index is -0.490. The van der Waals surface area contributed by atoms with Crippen molar-refractivity contribution in [1.29, 1.82) is 0 Å². The Morgan fingerprint density at radius 1 is 1.00 bits per heavy atom. The van der Waals surface area contributed by atoms with Gasteiger partial charge in [-0.15, -0.1) is 0 Å². The number of H-pyrrole nitrogens is 1. The average Bonchev–Trinajstić information content (AvgIpc) is 3.29. The second kappa shape index (κ2) is 7.07. The van der Waals surface area contributed by atoms with Crippen LogP contribution in [-0.4, -0.2) is 23.5 Å². The number of aromatic nitrogens is 5. The van der Waals surface area contributed by atoms with Crippen molar-refractivity contribution in [3.63, 3.8) is 0 Å².